The lowest BCUT2D eigenvalue weighted by Crippen LogP contribution is -3.00. The fraction of sp³-hybridized carbons (Fsp3) is 1.00. The van der Waals surface area contributed by atoms with Gasteiger partial charge in [-0.15, -0.1) is 12.6 Å². The minimum Gasteiger partial charge on any atom is -1.00 e. The third-order valence-electron chi connectivity index (χ3n) is 0.424. The highest BCUT2D eigenvalue weighted by molar-refractivity contribution is 7.80. The van der Waals surface area contributed by atoms with Gasteiger partial charge in [0.05, 0.1) is 21.1 Å². The second kappa shape index (κ2) is 3.58. The molecule has 0 bridgehead atoms. The third-order valence-corrected chi connectivity index (χ3v) is 1.27. The Hall–Kier alpha value is 0.600. The average molecular weight is 142 g/mol. The van der Waals surface area contributed by atoms with E-state index < -0.39 is 0 Å². The maximum absolute atomic E-state index is 4.07. The Morgan fingerprint density at radius 2 is 1.43 bits per heavy atom. The molecule has 0 fully saturated rings. The smallest absolute Gasteiger partial charge is 0.122 e. The van der Waals surface area contributed by atoms with Crippen molar-refractivity contribution >= 4 is 12.6 Å². The zero-order valence-corrected chi connectivity index (χ0v) is 6.63. The van der Waals surface area contributed by atoms with Crippen LogP contribution in [-0.4, -0.2) is 31.5 Å². The maximum atomic E-state index is 4.07. The lowest BCUT2D eigenvalue weighted by atomic mass is 10.8. The SMILES string of the molecule is C[N+](C)(C)CS.[Cl-]. The molecule has 3 heteroatoms. The van der Waals surface area contributed by atoms with E-state index in [2.05, 4.69) is 33.8 Å². The van der Waals surface area contributed by atoms with E-state index in [-0.39, 0.29) is 12.4 Å². The second-order valence-electron chi connectivity index (χ2n) is 2.43. The number of hydrogen-bond acceptors (Lipinski definition) is 1. The molecule has 0 saturated heterocycles. The van der Waals surface area contributed by atoms with E-state index in [1.54, 1.807) is 0 Å². The minimum atomic E-state index is 0. The average Bonchev–Trinajstić information content (AvgIpc) is 1.35. The van der Waals surface area contributed by atoms with Gasteiger partial charge in [-0.05, 0) is 0 Å². The summed E-state index contributed by atoms with van der Waals surface area (Å²) in [7, 11) is 6.31. The molecule has 0 amide bonds. The van der Waals surface area contributed by atoms with E-state index in [9.17, 15) is 0 Å². The molecule has 0 atom stereocenters. The van der Waals surface area contributed by atoms with Gasteiger partial charge in [0, 0.05) is 0 Å². The minimum absolute atomic E-state index is 0. The van der Waals surface area contributed by atoms with Crippen LogP contribution in [0.2, 0.25) is 0 Å². The van der Waals surface area contributed by atoms with Gasteiger partial charge in [-0.25, -0.2) is 0 Å². The van der Waals surface area contributed by atoms with Crippen molar-refractivity contribution in [3.8, 4) is 0 Å². The first-order valence-corrected chi connectivity index (χ1v) is 2.61. The molecule has 0 aromatic rings. The lowest BCUT2D eigenvalue weighted by Gasteiger charge is -2.19. The van der Waals surface area contributed by atoms with Crippen molar-refractivity contribution in [3.05, 3.63) is 0 Å². The molecule has 0 radical (unpaired) electrons. The molecule has 0 rings (SSSR count). The number of nitrogens with zero attached hydrogens (tertiary/aromatic N) is 1. The van der Waals surface area contributed by atoms with Crippen LogP contribution in [0.5, 0.6) is 0 Å². The molecule has 7 heavy (non-hydrogen) atoms. The van der Waals surface area contributed by atoms with Crippen LogP contribution >= 0.6 is 12.6 Å². The van der Waals surface area contributed by atoms with Crippen molar-refractivity contribution in [1.29, 1.82) is 0 Å². The summed E-state index contributed by atoms with van der Waals surface area (Å²) in [6, 6.07) is 0. The van der Waals surface area contributed by atoms with Crippen molar-refractivity contribution in [3.63, 3.8) is 0 Å². The van der Waals surface area contributed by atoms with Crippen LogP contribution in [0.25, 0.3) is 0 Å². The first-order chi connectivity index (χ1) is 2.56. The Balaban J connectivity index is 0. The van der Waals surface area contributed by atoms with Gasteiger partial charge in [0.1, 0.15) is 5.88 Å². The van der Waals surface area contributed by atoms with Crippen molar-refractivity contribution < 1.29 is 16.9 Å². The Kier molecular flexibility index (Phi) is 5.40. The summed E-state index contributed by atoms with van der Waals surface area (Å²) in [5.74, 6) is 0.903. The number of quaternary nitrogens is 1. The summed E-state index contributed by atoms with van der Waals surface area (Å²) < 4.78 is 0.934. The summed E-state index contributed by atoms with van der Waals surface area (Å²) >= 11 is 4.07. The summed E-state index contributed by atoms with van der Waals surface area (Å²) in [5.41, 5.74) is 0. The maximum Gasteiger partial charge on any atom is 0.122 e. The molecule has 0 unspecified atom stereocenters. The van der Waals surface area contributed by atoms with E-state index in [0.717, 1.165) is 10.4 Å². The van der Waals surface area contributed by atoms with Gasteiger partial charge in [-0.2, -0.15) is 0 Å². The van der Waals surface area contributed by atoms with E-state index in [1.165, 1.54) is 0 Å². The molecule has 0 saturated carbocycles. The molecule has 0 N–H and O–H groups in total. The van der Waals surface area contributed by atoms with Crippen LogP contribution in [0.1, 0.15) is 0 Å². The fourth-order valence-corrected chi connectivity index (χ4v) is 0. The topological polar surface area (TPSA) is 0 Å². The van der Waals surface area contributed by atoms with Crippen molar-refractivity contribution in [2.24, 2.45) is 0 Å². The number of halogens is 1. The predicted molar refractivity (Wildman–Crippen MR) is 31.9 cm³/mol. The van der Waals surface area contributed by atoms with Crippen LogP contribution in [0.15, 0.2) is 0 Å². The van der Waals surface area contributed by atoms with Gasteiger partial charge in [-0.1, -0.05) is 0 Å². The molecule has 1 nitrogen and oxygen atoms in total. The van der Waals surface area contributed by atoms with Crippen molar-refractivity contribution in [1.82, 2.24) is 0 Å². The zero-order valence-electron chi connectivity index (χ0n) is 4.98. The first kappa shape index (κ1) is 10.6. The molecule has 46 valence electrons. The van der Waals surface area contributed by atoms with Gasteiger partial charge in [0.2, 0.25) is 0 Å². The summed E-state index contributed by atoms with van der Waals surface area (Å²) in [5, 5.41) is 0. The van der Waals surface area contributed by atoms with Crippen LogP contribution < -0.4 is 12.4 Å². The number of rotatable bonds is 1. The monoisotopic (exact) mass is 141 g/mol. The van der Waals surface area contributed by atoms with Gasteiger partial charge < -0.3 is 16.9 Å². The highest BCUT2D eigenvalue weighted by Crippen LogP contribution is 1.88. The Bertz CT molecular complexity index is 41.4. The molecule has 0 heterocycles. The van der Waals surface area contributed by atoms with Gasteiger partial charge in [0.15, 0.2) is 0 Å². The Morgan fingerprint density at radius 3 is 1.43 bits per heavy atom. The number of thiol groups is 1. The molecule has 0 aromatic heterocycles. The molecular formula is C4H12ClNS. The third kappa shape index (κ3) is 10.8. The second-order valence-corrected chi connectivity index (χ2v) is 2.71. The van der Waals surface area contributed by atoms with Gasteiger partial charge in [-0.3, -0.25) is 0 Å². The normalized spacial score (nSPS) is 10.3. The van der Waals surface area contributed by atoms with E-state index >= 15 is 0 Å². The van der Waals surface area contributed by atoms with Crippen molar-refractivity contribution in [2.75, 3.05) is 27.0 Å². The largest absolute Gasteiger partial charge is 1.00 e. The van der Waals surface area contributed by atoms with Crippen LogP contribution in [0, 0.1) is 0 Å². The molecule has 0 aliphatic heterocycles. The van der Waals surface area contributed by atoms with Crippen molar-refractivity contribution in [2.45, 2.75) is 0 Å². The number of hydrogen-bond donors (Lipinski definition) is 1. The summed E-state index contributed by atoms with van der Waals surface area (Å²) in [6.07, 6.45) is 0. The van der Waals surface area contributed by atoms with Crippen LogP contribution in [-0.2, 0) is 0 Å². The highest BCUT2D eigenvalue weighted by atomic mass is 35.5. The van der Waals surface area contributed by atoms with E-state index in [0.29, 0.717) is 0 Å². The predicted octanol–water partition coefficient (Wildman–Crippen LogP) is -2.42. The quantitative estimate of drug-likeness (QED) is 0.235. The van der Waals surface area contributed by atoms with E-state index in [4.69, 9.17) is 0 Å². The van der Waals surface area contributed by atoms with E-state index in [1.807, 2.05) is 0 Å². The summed E-state index contributed by atoms with van der Waals surface area (Å²) in [4.78, 5) is 0. The first-order valence-electron chi connectivity index (χ1n) is 1.97. The van der Waals surface area contributed by atoms with Gasteiger partial charge >= 0.3 is 0 Å². The molecular weight excluding hydrogens is 130 g/mol. The highest BCUT2D eigenvalue weighted by Gasteiger charge is 1.98. The summed E-state index contributed by atoms with van der Waals surface area (Å²) in [6.45, 7) is 0. The molecule has 0 aliphatic rings. The van der Waals surface area contributed by atoms with Crippen LogP contribution in [0.4, 0.5) is 0 Å². The van der Waals surface area contributed by atoms with Gasteiger partial charge in [0.25, 0.3) is 0 Å². The standard InChI is InChI=1S/C4H11NS.ClH/c1-5(2,3)4-6;/h4H2,1-3H3;1H. The Morgan fingerprint density at radius 1 is 1.29 bits per heavy atom. The zero-order chi connectivity index (χ0) is 5.21. The molecule has 0 spiro atoms. The van der Waals surface area contributed by atoms with Crippen LogP contribution in [0.3, 0.4) is 0 Å². The molecule has 0 aromatic carbocycles. The molecule has 0 aliphatic carbocycles. The lowest BCUT2D eigenvalue weighted by molar-refractivity contribution is -0.856. The fourth-order valence-electron chi connectivity index (χ4n) is 0. The Labute approximate surface area is 57.1 Å².